The van der Waals surface area contributed by atoms with E-state index in [-0.39, 0.29) is 47.2 Å². The number of amides is 1. The molecule has 0 radical (unpaired) electrons. The molecular formula is C15H20F2N6O4S2. The molecule has 0 aromatic carbocycles. The number of alkyl halides is 2. The van der Waals surface area contributed by atoms with Crippen LogP contribution >= 0.6 is 11.8 Å². The highest BCUT2D eigenvalue weighted by Gasteiger charge is 2.28. The van der Waals surface area contributed by atoms with Crippen molar-refractivity contribution in [2.75, 3.05) is 37.7 Å². The number of sulfonamides is 1. The van der Waals surface area contributed by atoms with Gasteiger partial charge in [-0.3, -0.25) is 9.48 Å². The number of rotatable bonds is 7. The van der Waals surface area contributed by atoms with Crippen LogP contribution < -0.4 is 0 Å². The Labute approximate surface area is 170 Å². The minimum Gasteiger partial charge on any atom is -0.411 e. The van der Waals surface area contributed by atoms with Gasteiger partial charge in [-0.2, -0.15) is 9.40 Å². The zero-order chi connectivity index (χ0) is 21.2. The number of piperazine rings is 1. The van der Waals surface area contributed by atoms with Crippen molar-refractivity contribution in [1.29, 1.82) is 0 Å². The second-order valence-corrected chi connectivity index (χ2v) is 9.43. The molecular weight excluding hydrogens is 430 g/mol. The van der Waals surface area contributed by atoms with Gasteiger partial charge < -0.3 is 9.32 Å². The fraction of sp³-hybridized carbons (Fsp3) is 0.600. The van der Waals surface area contributed by atoms with Crippen LogP contribution in [0.25, 0.3) is 11.5 Å². The fourth-order valence-electron chi connectivity index (χ4n) is 2.82. The Morgan fingerprint density at radius 2 is 1.97 bits per heavy atom. The van der Waals surface area contributed by atoms with Gasteiger partial charge in [-0.1, -0.05) is 11.8 Å². The summed E-state index contributed by atoms with van der Waals surface area (Å²) in [6.45, 7) is 2.71. The second kappa shape index (κ2) is 8.75. The number of aryl methyl sites for hydroxylation is 1. The normalized spacial score (nSPS) is 16.0. The molecule has 0 unspecified atom stereocenters. The largest absolute Gasteiger partial charge is 0.411 e. The standard InChI is InChI=1S/C15H20F2N6O4S2/c1-3-29(25,26)23-6-4-22(5-7-23)11(24)9-28-15-19-18-14(27-15)10-8-21(2)20-12(10)13(16)17/h8,13H,3-7,9H2,1-2H3. The van der Waals surface area contributed by atoms with E-state index in [4.69, 9.17) is 4.42 Å². The van der Waals surface area contributed by atoms with Crippen molar-refractivity contribution in [3.63, 3.8) is 0 Å². The van der Waals surface area contributed by atoms with Gasteiger partial charge >= 0.3 is 0 Å². The summed E-state index contributed by atoms with van der Waals surface area (Å²) >= 11 is 0.992. The van der Waals surface area contributed by atoms with Crippen LogP contribution in [-0.4, -0.2) is 81.2 Å². The maximum Gasteiger partial charge on any atom is 0.282 e. The summed E-state index contributed by atoms with van der Waals surface area (Å²) in [7, 11) is -1.76. The highest BCUT2D eigenvalue weighted by Crippen LogP contribution is 2.30. The molecule has 3 rings (SSSR count). The maximum absolute atomic E-state index is 13.1. The van der Waals surface area contributed by atoms with Gasteiger partial charge in [0.05, 0.1) is 17.1 Å². The molecule has 2 aromatic rings. The minimum absolute atomic E-state index is 0.0108. The topological polar surface area (TPSA) is 114 Å². The Bertz CT molecular complexity index is 969. The lowest BCUT2D eigenvalue weighted by atomic mass is 10.2. The summed E-state index contributed by atoms with van der Waals surface area (Å²) in [4.78, 5) is 13.9. The molecule has 160 valence electrons. The van der Waals surface area contributed by atoms with Crippen molar-refractivity contribution >= 4 is 27.7 Å². The molecule has 0 saturated carbocycles. The van der Waals surface area contributed by atoms with Gasteiger partial charge in [0.1, 0.15) is 5.69 Å². The van der Waals surface area contributed by atoms with Gasteiger partial charge in [0, 0.05) is 39.4 Å². The zero-order valence-corrected chi connectivity index (χ0v) is 17.4. The third-order valence-corrected chi connectivity index (χ3v) is 7.05. The molecule has 0 aliphatic carbocycles. The van der Waals surface area contributed by atoms with E-state index < -0.39 is 22.1 Å². The molecule has 1 amide bonds. The molecule has 0 atom stereocenters. The predicted molar refractivity (Wildman–Crippen MR) is 99.8 cm³/mol. The van der Waals surface area contributed by atoms with E-state index in [2.05, 4.69) is 15.3 Å². The number of hydrogen-bond donors (Lipinski definition) is 0. The Kier molecular flexibility index (Phi) is 6.53. The lowest BCUT2D eigenvalue weighted by molar-refractivity contribution is -0.129. The molecule has 1 aliphatic rings. The van der Waals surface area contributed by atoms with E-state index in [0.29, 0.717) is 13.1 Å². The molecule has 0 bridgehead atoms. The Morgan fingerprint density at radius 1 is 1.28 bits per heavy atom. The van der Waals surface area contributed by atoms with E-state index >= 15 is 0 Å². The number of carbonyl (C=O) groups is 1. The van der Waals surface area contributed by atoms with E-state index in [0.717, 1.165) is 11.8 Å². The van der Waals surface area contributed by atoms with Gasteiger partial charge in [-0.15, -0.1) is 10.2 Å². The molecule has 14 heteroatoms. The molecule has 1 fully saturated rings. The van der Waals surface area contributed by atoms with Gasteiger partial charge in [0.15, 0.2) is 0 Å². The molecule has 0 spiro atoms. The molecule has 1 aliphatic heterocycles. The molecule has 29 heavy (non-hydrogen) atoms. The summed E-state index contributed by atoms with van der Waals surface area (Å²) in [5.41, 5.74) is -0.412. The van der Waals surface area contributed by atoms with Crippen molar-refractivity contribution < 1.29 is 26.4 Å². The lowest BCUT2D eigenvalue weighted by Gasteiger charge is -2.33. The van der Waals surface area contributed by atoms with Crippen molar-refractivity contribution in [3.8, 4) is 11.5 Å². The number of halogens is 2. The van der Waals surface area contributed by atoms with Gasteiger partial charge in [0.25, 0.3) is 17.5 Å². The monoisotopic (exact) mass is 450 g/mol. The maximum atomic E-state index is 13.1. The first-order valence-electron chi connectivity index (χ1n) is 8.75. The van der Waals surface area contributed by atoms with Crippen LogP contribution in [0.5, 0.6) is 0 Å². The van der Waals surface area contributed by atoms with Crippen LogP contribution in [0.1, 0.15) is 19.0 Å². The SMILES string of the molecule is CCS(=O)(=O)N1CCN(C(=O)CSc2nnc(-c3cn(C)nc3C(F)F)o2)CC1. The Balaban J connectivity index is 1.56. The molecule has 3 heterocycles. The highest BCUT2D eigenvalue weighted by atomic mass is 32.2. The van der Waals surface area contributed by atoms with Crippen LogP contribution in [0.15, 0.2) is 15.8 Å². The summed E-state index contributed by atoms with van der Waals surface area (Å²) in [6, 6.07) is 0. The van der Waals surface area contributed by atoms with Crippen LogP contribution in [0.2, 0.25) is 0 Å². The van der Waals surface area contributed by atoms with E-state index in [9.17, 15) is 22.0 Å². The summed E-state index contributed by atoms with van der Waals surface area (Å²) in [5, 5.41) is 11.3. The molecule has 1 saturated heterocycles. The Morgan fingerprint density at radius 3 is 2.59 bits per heavy atom. The second-order valence-electron chi connectivity index (χ2n) is 6.24. The third-order valence-electron chi connectivity index (χ3n) is 4.37. The van der Waals surface area contributed by atoms with Crippen LogP contribution in [0.4, 0.5) is 8.78 Å². The number of nitrogens with zero attached hydrogens (tertiary/aromatic N) is 6. The average molecular weight is 450 g/mol. The number of thioether (sulfide) groups is 1. The van der Waals surface area contributed by atoms with Crippen molar-refractivity contribution in [2.24, 2.45) is 7.05 Å². The fourth-order valence-corrected chi connectivity index (χ4v) is 4.57. The average Bonchev–Trinajstić information content (AvgIpc) is 3.32. The highest BCUT2D eigenvalue weighted by molar-refractivity contribution is 7.99. The first-order valence-corrected chi connectivity index (χ1v) is 11.3. The summed E-state index contributed by atoms with van der Waals surface area (Å²) in [6.07, 6.45) is -1.43. The summed E-state index contributed by atoms with van der Waals surface area (Å²) < 4.78 is 57.8. The predicted octanol–water partition coefficient (Wildman–Crippen LogP) is 0.994. The smallest absolute Gasteiger partial charge is 0.282 e. The quantitative estimate of drug-likeness (QED) is 0.574. The van der Waals surface area contributed by atoms with Crippen LogP contribution in [-0.2, 0) is 21.9 Å². The molecule has 10 nitrogen and oxygen atoms in total. The van der Waals surface area contributed by atoms with Gasteiger partial charge in [-0.05, 0) is 6.92 Å². The number of aromatic nitrogens is 4. The lowest BCUT2D eigenvalue weighted by Crippen LogP contribution is -2.51. The number of carbonyl (C=O) groups excluding carboxylic acids is 1. The van der Waals surface area contributed by atoms with Crippen molar-refractivity contribution in [3.05, 3.63) is 11.9 Å². The minimum atomic E-state index is -3.26. The van der Waals surface area contributed by atoms with Crippen molar-refractivity contribution in [2.45, 2.75) is 18.6 Å². The van der Waals surface area contributed by atoms with Gasteiger partial charge in [-0.25, -0.2) is 17.2 Å². The van der Waals surface area contributed by atoms with Crippen LogP contribution in [0.3, 0.4) is 0 Å². The molecule has 2 aromatic heterocycles. The van der Waals surface area contributed by atoms with Gasteiger partial charge in [0.2, 0.25) is 15.9 Å². The number of hydrogen-bond acceptors (Lipinski definition) is 8. The van der Waals surface area contributed by atoms with Crippen LogP contribution in [0, 0.1) is 0 Å². The zero-order valence-electron chi connectivity index (χ0n) is 15.8. The first-order chi connectivity index (χ1) is 13.7. The first kappa shape index (κ1) is 21.6. The van der Waals surface area contributed by atoms with Crippen molar-refractivity contribution in [1.82, 2.24) is 29.2 Å². The molecule has 0 N–H and O–H groups in total. The third kappa shape index (κ3) is 4.93. The van der Waals surface area contributed by atoms with E-state index in [1.807, 2.05) is 0 Å². The Hall–Kier alpha value is -2.06. The van der Waals surface area contributed by atoms with E-state index in [1.54, 1.807) is 11.8 Å². The van der Waals surface area contributed by atoms with E-state index in [1.165, 1.54) is 22.2 Å². The summed E-state index contributed by atoms with van der Waals surface area (Å²) in [5.74, 6) is -0.253.